The van der Waals surface area contributed by atoms with Crippen LogP contribution in [0.1, 0.15) is 117 Å². The molecule has 0 spiro atoms. The smallest absolute Gasteiger partial charge is 0.311 e. The van der Waals surface area contributed by atoms with Crippen molar-refractivity contribution in [1.82, 2.24) is 0 Å². The van der Waals surface area contributed by atoms with Gasteiger partial charge in [0.15, 0.2) is 0 Å². The van der Waals surface area contributed by atoms with Crippen molar-refractivity contribution in [3.63, 3.8) is 0 Å². The summed E-state index contributed by atoms with van der Waals surface area (Å²) in [6.45, 7) is 7.29. The van der Waals surface area contributed by atoms with Gasteiger partial charge in [0.05, 0.1) is 12.0 Å². The maximum Gasteiger partial charge on any atom is 0.311 e. The van der Waals surface area contributed by atoms with Crippen LogP contribution in [0.15, 0.2) is 0 Å². The first-order chi connectivity index (χ1) is 12.6. The van der Waals surface area contributed by atoms with E-state index >= 15 is 0 Å². The van der Waals surface area contributed by atoms with Crippen LogP contribution >= 0.6 is 0 Å². The van der Waals surface area contributed by atoms with E-state index in [1.54, 1.807) is 0 Å². The van der Waals surface area contributed by atoms with E-state index in [0.717, 1.165) is 37.0 Å². The Bertz CT molecular complexity index is 387. The van der Waals surface area contributed by atoms with Gasteiger partial charge in [0, 0.05) is 0 Å². The third-order valence-electron chi connectivity index (χ3n) is 7.38. The standard InChI is InChI=1S/C24H44O2/c1-4-6-8-9-19-26-23(25)24(3)17-15-22(16-18-24)21-13-11-20(12-14-21)10-7-5-2/h20-22H,4-19H2,1-3H3. The molecule has 0 unspecified atom stereocenters. The fourth-order valence-corrected chi connectivity index (χ4v) is 5.26. The van der Waals surface area contributed by atoms with Crippen molar-refractivity contribution in [3.05, 3.63) is 0 Å². The van der Waals surface area contributed by atoms with Crippen molar-refractivity contribution in [1.29, 1.82) is 0 Å². The molecule has 0 radical (unpaired) electrons. The van der Waals surface area contributed by atoms with E-state index in [1.807, 2.05) is 0 Å². The molecule has 0 amide bonds. The average molecular weight is 365 g/mol. The fourth-order valence-electron chi connectivity index (χ4n) is 5.26. The minimum Gasteiger partial charge on any atom is -0.465 e. The number of esters is 1. The van der Waals surface area contributed by atoms with Gasteiger partial charge in [0.2, 0.25) is 0 Å². The van der Waals surface area contributed by atoms with Crippen LogP contribution in [0, 0.1) is 23.2 Å². The second-order valence-electron chi connectivity index (χ2n) is 9.52. The topological polar surface area (TPSA) is 26.3 Å². The van der Waals surface area contributed by atoms with Crippen molar-refractivity contribution >= 4 is 5.97 Å². The quantitative estimate of drug-likeness (QED) is 0.300. The Balaban J connectivity index is 1.67. The van der Waals surface area contributed by atoms with E-state index in [4.69, 9.17) is 4.74 Å². The second-order valence-corrected chi connectivity index (χ2v) is 9.52. The summed E-state index contributed by atoms with van der Waals surface area (Å²) < 4.78 is 5.62. The van der Waals surface area contributed by atoms with Crippen LogP contribution in [0.2, 0.25) is 0 Å². The van der Waals surface area contributed by atoms with Crippen molar-refractivity contribution in [3.8, 4) is 0 Å². The summed E-state index contributed by atoms with van der Waals surface area (Å²) in [6, 6.07) is 0. The van der Waals surface area contributed by atoms with Crippen LogP contribution in [0.4, 0.5) is 0 Å². The molecular weight excluding hydrogens is 320 g/mol. The highest BCUT2D eigenvalue weighted by molar-refractivity contribution is 5.76. The molecule has 0 aromatic carbocycles. The van der Waals surface area contributed by atoms with E-state index in [2.05, 4.69) is 20.8 Å². The number of ether oxygens (including phenoxy) is 1. The Kier molecular flexibility index (Phi) is 9.50. The largest absolute Gasteiger partial charge is 0.465 e. The maximum absolute atomic E-state index is 12.6. The SMILES string of the molecule is CCCCCCOC(=O)C1(C)CCC(C2CCC(CCCC)CC2)CC1. The van der Waals surface area contributed by atoms with E-state index in [0.29, 0.717) is 6.61 Å². The third kappa shape index (κ3) is 6.57. The first-order valence-electron chi connectivity index (χ1n) is 11.8. The molecule has 0 N–H and O–H groups in total. The fraction of sp³-hybridized carbons (Fsp3) is 0.958. The van der Waals surface area contributed by atoms with E-state index in [9.17, 15) is 4.79 Å². The van der Waals surface area contributed by atoms with E-state index in [1.165, 1.54) is 77.0 Å². The Morgan fingerprint density at radius 2 is 1.46 bits per heavy atom. The Hall–Kier alpha value is -0.530. The van der Waals surface area contributed by atoms with Gasteiger partial charge in [-0.25, -0.2) is 0 Å². The molecule has 2 saturated carbocycles. The summed E-state index contributed by atoms with van der Waals surface area (Å²) in [5, 5.41) is 0. The van der Waals surface area contributed by atoms with Crippen LogP contribution in [0.3, 0.4) is 0 Å². The molecule has 2 rings (SSSR count). The number of rotatable bonds is 10. The van der Waals surface area contributed by atoms with Crippen LogP contribution in [0.5, 0.6) is 0 Å². The number of hydrogen-bond acceptors (Lipinski definition) is 2. The summed E-state index contributed by atoms with van der Waals surface area (Å²) >= 11 is 0. The van der Waals surface area contributed by atoms with Crippen LogP contribution in [-0.2, 0) is 9.53 Å². The normalized spacial score (nSPS) is 32.3. The molecule has 0 bridgehead atoms. The number of unbranched alkanes of at least 4 members (excludes halogenated alkanes) is 4. The van der Waals surface area contributed by atoms with E-state index in [-0.39, 0.29) is 11.4 Å². The Morgan fingerprint density at radius 1 is 0.846 bits per heavy atom. The molecule has 0 aromatic rings. The van der Waals surface area contributed by atoms with Crippen molar-refractivity contribution < 1.29 is 9.53 Å². The molecule has 2 fully saturated rings. The lowest BCUT2D eigenvalue weighted by atomic mass is 9.65. The minimum atomic E-state index is -0.209. The number of hydrogen-bond donors (Lipinski definition) is 0. The molecule has 0 aliphatic heterocycles. The zero-order chi connectivity index (χ0) is 18.8. The monoisotopic (exact) mass is 364 g/mol. The zero-order valence-electron chi connectivity index (χ0n) is 17.9. The van der Waals surface area contributed by atoms with Crippen LogP contribution in [0.25, 0.3) is 0 Å². The molecule has 26 heavy (non-hydrogen) atoms. The molecular formula is C24H44O2. The first-order valence-corrected chi connectivity index (χ1v) is 11.8. The van der Waals surface area contributed by atoms with Crippen LogP contribution in [-0.4, -0.2) is 12.6 Å². The molecule has 2 heteroatoms. The summed E-state index contributed by atoms with van der Waals surface area (Å²) in [5.74, 6) is 2.88. The molecule has 2 aliphatic rings. The van der Waals surface area contributed by atoms with Gasteiger partial charge in [-0.15, -0.1) is 0 Å². The molecule has 2 nitrogen and oxygen atoms in total. The van der Waals surface area contributed by atoms with E-state index < -0.39 is 0 Å². The Morgan fingerprint density at radius 3 is 2.08 bits per heavy atom. The zero-order valence-corrected chi connectivity index (χ0v) is 17.9. The molecule has 2 aliphatic carbocycles. The first kappa shape index (κ1) is 21.8. The van der Waals surface area contributed by atoms with Gasteiger partial charge in [-0.3, -0.25) is 4.79 Å². The summed E-state index contributed by atoms with van der Waals surface area (Å²) in [7, 11) is 0. The minimum absolute atomic E-state index is 0.0794. The van der Waals surface area contributed by atoms with Crippen molar-refractivity contribution in [2.24, 2.45) is 23.2 Å². The lowest BCUT2D eigenvalue weighted by Crippen LogP contribution is -2.36. The Labute approximate surface area is 162 Å². The highest BCUT2D eigenvalue weighted by Crippen LogP contribution is 2.46. The average Bonchev–Trinajstić information content (AvgIpc) is 2.67. The number of carbonyl (C=O) groups is 1. The molecule has 152 valence electrons. The highest BCUT2D eigenvalue weighted by Gasteiger charge is 2.41. The van der Waals surface area contributed by atoms with Gasteiger partial charge in [-0.05, 0) is 69.6 Å². The second kappa shape index (κ2) is 11.3. The van der Waals surface area contributed by atoms with Gasteiger partial charge in [0.25, 0.3) is 0 Å². The molecule has 0 atom stereocenters. The molecule has 0 heterocycles. The third-order valence-corrected chi connectivity index (χ3v) is 7.38. The summed E-state index contributed by atoms with van der Waals surface area (Å²) in [6.07, 6.45) is 19.3. The summed E-state index contributed by atoms with van der Waals surface area (Å²) in [4.78, 5) is 12.6. The lowest BCUT2D eigenvalue weighted by Gasteiger charge is -2.41. The summed E-state index contributed by atoms with van der Waals surface area (Å²) in [5.41, 5.74) is -0.209. The van der Waals surface area contributed by atoms with Crippen LogP contribution < -0.4 is 0 Å². The van der Waals surface area contributed by atoms with Gasteiger partial charge in [-0.1, -0.05) is 65.2 Å². The van der Waals surface area contributed by atoms with Gasteiger partial charge in [-0.2, -0.15) is 0 Å². The highest BCUT2D eigenvalue weighted by atomic mass is 16.5. The predicted octanol–water partition coefficient (Wildman–Crippen LogP) is 7.30. The van der Waals surface area contributed by atoms with Crippen molar-refractivity contribution in [2.45, 2.75) is 117 Å². The van der Waals surface area contributed by atoms with Gasteiger partial charge in [0.1, 0.15) is 0 Å². The number of carbonyl (C=O) groups excluding carboxylic acids is 1. The van der Waals surface area contributed by atoms with Gasteiger partial charge < -0.3 is 4.74 Å². The maximum atomic E-state index is 12.6. The molecule has 0 saturated heterocycles. The van der Waals surface area contributed by atoms with Crippen molar-refractivity contribution in [2.75, 3.05) is 6.61 Å². The molecule has 0 aromatic heterocycles. The lowest BCUT2D eigenvalue weighted by molar-refractivity contribution is -0.158. The predicted molar refractivity (Wildman–Crippen MR) is 110 cm³/mol. The van der Waals surface area contributed by atoms with Gasteiger partial charge >= 0.3 is 5.97 Å².